The van der Waals surface area contributed by atoms with Crippen LogP contribution < -0.4 is 5.32 Å². The van der Waals surface area contributed by atoms with Crippen molar-refractivity contribution in [2.24, 2.45) is 0 Å². The summed E-state index contributed by atoms with van der Waals surface area (Å²) in [6, 6.07) is 4.09. The molecule has 90 valence electrons. The number of aromatic nitrogens is 1. The van der Waals surface area contributed by atoms with Gasteiger partial charge in [0.1, 0.15) is 0 Å². The van der Waals surface area contributed by atoms with Crippen LogP contribution in [0.4, 0.5) is 5.82 Å². The zero-order chi connectivity index (χ0) is 12.3. The molecule has 1 fully saturated rings. The van der Waals surface area contributed by atoms with Gasteiger partial charge in [-0.25, -0.2) is 0 Å². The fourth-order valence-corrected chi connectivity index (χ4v) is 1.56. The number of hydrogen-bond acceptors (Lipinski definition) is 5. The van der Waals surface area contributed by atoms with Crippen LogP contribution in [0, 0.1) is 10.1 Å². The first-order chi connectivity index (χ1) is 8.16. The van der Waals surface area contributed by atoms with Gasteiger partial charge in [-0.15, -0.1) is 0 Å². The molecule has 7 nitrogen and oxygen atoms in total. The summed E-state index contributed by atoms with van der Waals surface area (Å²) in [6.07, 6.45) is 0.751. The Morgan fingerprint density at radius 2 is 2.41 bits per heavy atom. The van der Waals surface area contributed by atoms with Gasteiger partial charge in [0.05, 0.1) is 12.6 Å². The molecule has 1 aromatic heterocycles. The number of ether oxygens (including phenoxy) is 1. The van der Waals surface area contributed by atoms with E-state index in [1.165, 1.54) is 18.2 Å². The number of carbonyl (C=O) groups excluding carboxylic acids is 1. The minimum Gasteiger partial charge on any atom is -0.379 e. The summed E-state index contributed by atoms with van der Waals surface area (Å²) < 4.78 is 5.11. The fourth-order valence-electron chi connectivity index (χ4n) is 1.56. The molecule has 1 atom stereocenters. The number of nitrogens with one attached hydrogen (secondary N) is 1. The van der Waals surface area contributed by atoms with Crippen LogP contribution in [0.2, 0.25) is 0 Å². The number of amides is 1. The molecule has 1 aromatic rings. The molecule has 7 heteroatoms. The van der Waals surface area contributed by atoms with Crippen LogP contribution in [0.1, 0.15) is 16.9 Å². The summed E-state index contributed by atoms with van der Waals surface area (Å²) in [5, 5.41) is 13.2. The molecule has 0 spiro atoms. The molecular weight excluding hydrogens is 226 g/mol. The number of hydrogen-bond donors (Lipinski definition) is 1. The lowest BCUT2D eigenvalue weighted by Gasteiger charge is -2.07. The lowest BCUT2D eigenvalue weighted by atomic mass is 10.2. The van der Waals surface area contributed by atoms with Gasteiger partial charge in [-0.05, 0) is 28.5 Å². The minimum atomic E-state index is -0.630. The lowest BCUT2D eigenvalue weighted by molar-refractivity contribution is -0.389. The first kappa shape index (κ1) is 11.5. The zero-order valence-corrected chi connectivity index (χ0v) is 8.96. The average Bonchev–Trinajstić information content (AvgIpc) is 2.82. The maximum Gasteiger partial charge on any atom is 0.364 e. The maximum absolute atomic E-state index is 11.7. The molecule has 1 N–H and O–H groups in total. The van der Waals surface area contributed by atoms with Crippen molar-refractivity contribution in [3.63, 3.8) is 0 Å². The van der Waals surface area contributed by atoms with Crippen LogP contribution in [-0.4, -0.2) is 35.1 Å². The number of nitro groups is 1. The molecule has 0 saturated carbocycles. The van der Waals surface area contributed by atoms with Gasteiger partial charge in [0, 0.05) is 12.7 Å². The third-order valence-corrected chi connectivity index (χ3v) is 2.42. The van der Waals surface area contributed by atoms with Crippen LogP contribution in [-0.2, 0) is 4.74 Å². The van der Waals surface area contributed by atoms with Gasteiger partial charge in [-0.1, -0.05) is 0 Å². The molecule has 0 bridgehead atoms. The molecule has 1 saturated heterocycles. The first-order valence-corrected chi connectivity index (χ1v) is 5.17. The van der Waals surface area contributed by atoms with E-state index in [4.69, 9.17) is 4.74 Å². The third kappa shape index (κ3) is 2.76. The van der Waals surface area contributed by atoms with Crippen LogP contribution in [0.3, 0.4) is 0 Å². The molecule has 17 heavy (non-hydrogen) atoms. The average molecular weight is 237 g/mol. The van der Waals surface area contributed by atoms with Crippen LogP contribution in [0.5, 0.6) is 0 Å². The summed E-state index contributed by atoms with van der Waals surface area (Å²) in [4.78, 5) is 25.3. The van der Waals surface area contributed by atoms with Crippen LogP contribution in [0.25, 0.3) is 0 Å². The molecule has 0 aliphatic carbocycles. The lowest BCUT2D eigenvalue weighted by Crippen LogP contribution is -2.35. The Morgan fingerprint density at radius 3 is 3.06 bits per heavy atom. The highest BCUT2D eigenvalue weighted by atomic mass is 16.6. The van der Waals surface area contributed by atoms with Crippen molar-refractivity contribution in [1.82, 2.24) is 10.3 Å². The normalized spacial score (nSPS) is 18.9. The van der Waals surface area contributed by atoms with Crippen molar-refractivity contribution in [3.8, 4) is 0 Å². The zero-order valence-electron chi connectivity index (χ0n) is 8.96. The SMILES string of the molecule is O=C(N[C@H]1CCOC1)c1cccc([N+](=O)[O-])n1. The van der Waals surface area contributed by atoms with Gasteiger partial charge in [0.15, 0.2) is 0 Å². The highest BCUT2D eigenvalue weighted by molar-refractivity contribution is 5.92. The van der Waals surface area contributed by atoms with Crippen LogP contribution in [0.15, 0.2) is 18.2 Å². The topological polar surface area (TPSA) is 94.4 Å². The second-order valence-corrected chi connectivity index (χ2v) is 3.67. The highest BCUT2D eigenvalue weighted by Crippen LogP contribution is 2.09. The Morgan fingerprint density at radius 1 is 1.59 bits per heavy atom. The monoisotopic (exact) mass is 237 g/mol. The van der Waals surface area contributed by atoms with E-state index < -0.39 is 10.8 Å². The Bertz CT molecular complexity index is 443. The van der Waals surface area contributed by atoms with Gasteiger partial charge in [-0.3, -0.25) is 4.79 Å². The highest BCUT2D eigenvalue weighted by Gasteiger charge is 2.22. The van der Waals surface area contributed by atoms with Gasteiger partial charge in [-0.2, -0.15) is 0 Å². The molecule has 0 aromatic carbocycles. The molecule has 0 radical (unpaired) electrons. The second-order valence-electron chi connectivity index (χ2n) is 3.67. The number of rotatable bonds is 3. The summed E-state index contributed by atoms with van der Waals surface area (Å²) in [7, 11) is 0. The standard InChI is InChI=1S/C10H11N3O4/c14-10(11-7-4-5-17-6-7)8-2-1-3-9(12-8)13(15)16/h1-3,7H,4-6H2,(H,11,14)/t7-/m0/s1. The quantitative estimate of drug-likeness (QED) is 0.610. The molecular formula is C10H11N3O4. The number of carbonyl (C=O) groups is 1. The van der Waals surface area contributed by atoms with E-state index >= 15 is 0 Å². The van der Waals surface area contributed by atoms with Gasteiger partial charge in [0.25, 0.3) is 5.91 Å². The Kier molecular flexibility index (Phi) is 3.29. The fraction of sp³-hybridized carbons (Fsp3) is 0.400. The van der Waals surface area contributed by atoms with E-state index in [0.717, 1.165) is 6.42 Å². The maximum atomic E-state index is 11.7. The predicted molar refractivity (Wildman–Crippen MR) is 57.6 cm³/mol. The predicted octanol–water partition coefficient (Wildman–Crippen LogP) is 0.508. The number of nitrogens with zero attached hydrogens (tertiary/aromatic N) is 2. The van der Waals surface area contributed by atoms with Crippen molar-refractivity contribution >= 4 is 11.7 Å². The Labute approximate surface area is 96.9 Å². The molecule has 1 aliphatic rings. The summed E-state index contributed by atoms with van der Waals surface area (Å²) in [5.74, 6) is -0.746. The van der Waals surface area contributed by atoms with E-state index in [0.29, 0.717) is 13.2 Å². The molecule has 0 unspecified atom stereocenters. The molecule has 1 amide bonds. The Balaban J connectivity index is 2.07. The first-order valence-electron chi connectivity index (χ1n) is 5.17. The third-order valence-electron chi connectivity index (χ3n) is 2.42. The van der Waals surface area contributed by atoms with Crippen molar-refractivity contribution in [3.05, 3.63) is 34.0 Å². The van der Waals surface area contributed by atoms with Crippen LogP contribution >= 0.6 is 0 Å². The number of pyridine rings is 1. The van der Waals surface area contributed by atoms with Crippen molar-refractivity contribution in [2.75, 3.05) is 13.2 Å². The van der Waals surface area contributed by atoms with Gasteiger partial charge < -0.3 is 20.2 Å². The van der Waals surface area contributed by atoms with E-state index in [9.17, 15) is 14.9 Å². The van der Waals surface area contributed by atoms with E-state index in [1.807, 2.05) is 0 Å². The summed E-state index contributed by atoms with van der Waals surface area (Å²) >= 11 is 0. The van der Waals surface area contributed by atoms with Gasteiger partial charge in [0.2, 0.25) is 5.69 Å². The molecule has 1 aliphatic heterocycles. The van der Waals surface area contributed by atoms with Crippen molar-refractivity contribution in [1.29, 1.82) is 0 Å². The largest absolute Gasteiger partial charge is 0.379 e. The molecule has 2 heterocycles. The van der Waals surface area contributed by atoms with E-state index in [-0.39, 0.29) is 17.6 Å². The van der Waals surface area contributed by atoms with E-state index in [1.54, 1.807) is 0 Å². The molecule has 2 rings (SSSR count). The van der Waals surface area contributed by atoms with E-state index in [2.05, 4.69) is 10.3 Å². The smallest absolute Gasteiger partial charge is 0.364 e. The van der Waals surface area contributed by atoms with Gasteiger partial charge >= 0.3 is 5.82 Å². The van der Waals surface area contributed by atoms with Crippen molar-refractivity contribution < 1.29 is 14.5 Å². The summed E-state index contributed by atoms with van der Waals surface area (Å²) in [6.45, 7) is 1.09. The minimum absolute atomic E-state index is 0.0384. The summed E-state index contributed by atoms with van der Waals surface area (Å²) in [5.41, 5.74) is 0.0473. The second kappa shape index (κ2) is 4.88. The van der Waals surface area contributed by atoms with Crippen molar-refractivity contribution in [2.45, 2.75) is 12.5 Å². The Hall–Kier alpha value is -2.02.